The molecule has 1 saturated carbocycles. The molecular formula is C14H17F3N6. The quantitative estimate of drug-likeness (QED) is 0.902. The van der Waals surface area contributed by atoms with Gasteiger partial charge in [0.25, 0.3) is 0 Å². The zero-order valence-corrected chi connectivity index (χ0v) is 12.8. The van der Waals surface area contributed by atoms with Gasteiger partial charge in [-0.2, -0.15) is 23.3 Å². The summed E-state index contributed by atoms with van der Waals surface area (Å²) in [6, 6.07) is 0. The van der Waals surface area contributed by atoms with Crippen molar-refractivity contribution >= 4 is 17.5 Å². The van der Waals surface area contributed by atoms with E-state index in [1.165, 1.54) is 13.5 Å². The molecule has 2 aromatic heterocycles. The molecule has 0 aromatic carbocycles. The maximum Gasteiger partial charge on any atom is 0.421 e. The molecule has 1 aliphatic rings. The molecule has 0 amide bonds. The minimum Gasteiger partial charge on any atom is -0.372 e. The molecule has 0 spiro atoms. The van der Waals surface area contributed by atoms with Crippen LogP contribution in [0.1, 0.15) is 36.4 Å². The summed E-state index contributed by atoms with van der Waals surface area (Å²) in [7, 11) is 3.25. The summed E-state index contributed by atoms with van der Waals surface area (Å²) in [6.45, 7) is 0. The number of rotatable bonds is 4. The Labute approximate surface area is 131 Å². The lowest BCUT2D eigenvalue weighted by Gasteiger charge is -2.26. The highest BCUT2D eigenvalue weighted by Crippen LogP contribution is 2.40. The number of halogens is 3. The maximum absolute atomic E-state index is 12.9. The zero-order chi connectivity index (χ0) is 16.6. The Morgan fingerprint density at radius 1 is 1.26 bits per heavy atom. The van der Waals surface area contributed by atoms with Crippen LogP contribution in [0.5, 0.6) is 0 Å². The van der Waals surface area contributed by atoms with Gasteiger partial charge in [-0.15, -0.1) is 0 Å². The number of hydrogen-bond acceptors (Lipinski definition) is 5. The normalized spacial score (nSPS) is 15.3. The monoisotopic (exact) mass is 326 g/mol. The van der Waals surface area contributed by atoms with Gasteiger partial charge in [-0.1, -0.05) is 6.42 Å². The van der Waals surface area contributed by atoms with E-state index in [1.807, 2.05) is 7.05 Å². The van der Waals surface area contributed by atoms with Crippen molar-refractivity contribution in [1.82, 2.24) is 19.7 Å². The summed E-state index contributed by atoms with van der Waals surface area (Å²) in [4.78, 5) is 7.70. The van der Waals surface area contributed by atoms with Gasteiger partial charge in [0.2, 0.25) is 5.95 Å². The van der Waals surface area contributed by atoms with E-state index in [9.17, 15) is 13.2 Å². The Morgan fingerprint density at radius 2 is 2.00 bits per heavy atom. The van der Waals surface area contributed by atoms with Gasteiger partial charge in [-0.3, -0.25) is 4.68 Å². The number of alkyl halides is 3. The fourth-order valence-corrected chi connectivity index (χ4v) is 2.67. The first-order valence-electron chi connectivity index (χ1n) is 7.31. The molecule has 9 heteroatoms. The van der Waals surface area contributed by atoms with Gasteiger partial charge < -0.3 is 10.6 Å². The summed E-state index contributed by atoms with van der Waals surface area (Å²) >= 11 is 0. The molecule has 0 unspecified atom stereocenters. The van der Waals surface area contributed by atoms with Gasteiger partial charge in [0, 0.05) is 26.2 Å². The van der Waals surface area contributed by atoms with E-state index in [0.29, 0.717) is 5.92 Å². The second kappa shape index (κ2) is 5.71. The Morgan fingerprint density at radius 3 is 2.57 bits per heavy atom. The highest BCUT2D eigenvalue weighted by molar-refractivity contribution is 5.59. The first-order valence-corrected chi connectivity index (χ1v) is 7.31. The van der Waals surface area contributed by atoms with Crippen LogP contribution in [0.2, 0.25) is 0 Å². The van der Waals surface area contributed by atoms with Crippen molar-refractivity contribution in [2.75, 3.05) is 17.7 Å². The number of hydrogen-bond donors (Lipinski definition) is 2. The van der Waals surface area contributed by atoms with Crippen LogP contribution in [0, 0.1) is 0 Å². The van der Waals surface area contributed by atoms with Gasteiger partial charge in [0.05, 0.1) is 17.6 Å². The molecule has 0 bridgehead atoms. The third-order valence-electron chi connectivity index (χ3n) is 4.05. The second-order valence-corrected chi connectivity index (χ2v) is 5.52. The third kappa shape index (κ3) is 2.95. The van der Waals surface area contributed by atoms with Crippen molar-refractivity contribution in [3.05, 3.63) is 23.7 Å². The number of anilines is 3. The molecule has 0 radical (unpaired) electrons. The van der Waals surface area contributed by atoms with E-state index < -0.39 is 11.7 Å². The average Bonchev–Trinajstić information content (AvgIpc) is 2.78. The first-order chi connectivity index (χ1) is 10.9. The molecular weight excluding hydrogens is 309 g/mol. The van der Waals surface area contributed by atoms with Crippen molar-refractivity contribution in [1.29, 1.82) is 0 Å². The molecule has 2 aromatic rings. The molecule has 124 valence electrons. The van der Waals surface area contributed by atoms with Crippen LogP contribution in [0.4, 0.5) is 30.6 Å². The highest BCUT2D eigenvalue weighted by atomic mass is 19.4. The predicted molar refractivity (Wildman–Crippen MR) is 79.7 cm³/mol. The molecule has 1 aliphatic carbocycles. The van der Waals surface area contributed by atoms with Crippen LogP contribution in [0.25, 0.3) is 0 Å². The lowest BCUT2D eigenvalue weighted by Crippen LogP contribution is -2.15. The lowest BCUT2D eigenvalue weighted by molar-refractivity contribution is -0.137. The van der Waals surface area contributed by atoms with Gasteiger partial charge in [-0.25, -0.2) is 4.98 Å². The van der Waals surface area contributed by atoms with Crippen LogP contribution in [-0.2, 0) is 13.2 Å². The Balaban J connectivity index is 1.89. The molecule has 0 saturated heterocycles. The average molecular weight is 326 g/mol. The Hall–Kier alpha value is -2.32. The third-order valence-corrected chi connectivity index (χ3v) is 4.05. The zero-order valence-electron chi connectivity index (χ0n) is 12.8. The van der Waals surface area contributed by atoms with Crippen LogP contribution in [0.15, 0.2) is 12.4 Å². The smallest absolute Gasteiger partial charge is 0.372 e. The molecule has 0 atom stereocenters. The second-order valence-electron chi connectivity index (χ2n) is 5.52. The molecule has 0 aliphatic heterocycles. The predicted octanol–water partition coefficient (Wildman–Crippen LogP) is 3.28. The maximum atomic E-state index is 12.9. The summed E-state index contributed by atoms with van der Waals surface area (Å²) in [5, 5.41) is 9.66. The van der Waals surface area contributed by atoms with Gasteiger partial charge >= 0.3 is 6.18 Å². The fourth-order valence-electron chi connectivity index (χ4n) is 2.67. The fraction of sp³-hybridized carbons (Fsp3) is 0.500. The largest absolute Gasteiger partial charge is 0.421 e. The van der Waals surface area contributed by atoms with Gasteiger partial charge in [0.1, 0.15) is 11.4 Å². The van der Waals surface area contributed by atoms with E-state index in [2.05, 4.69) is 25.7 Å². The van der Waals surface area contributed by atoms with Crippen molar-refractivity contribution in [3.8, 4) is 0 Å². The highest BCUT2D eigenvalue weighted by Gasteiger charge is 2.35. The van der Waals surface area contributed by atoms with Gasteiger partial charge in [-0.05, 0) is 12.8 Å². The standard InChI is InChI=1S/C14H17F3N6/c1-18-12-9(14(15,16)17)6-19-13(22-12)21-10-7-20-23(2)11(10)8-4-3-5-8/h6-8H,3-5H2,1-2H3,(H2,18,19,21,22). The van der Waals surface area contributed by atoms with E-state index >= 15 is 0 Å². The van der Waals surface area contributed by atoms with Crippen LogP contribution in [0.3, 0.4) is 0 Å². The van der Waals surface area contributed by atoms with Crippen molar-refractivity contribution < 1.29 is 13.2 Å². The molecule has 1 fully saturated rings. The number of nitrogens with zero attached hydrogens (tertiary/aromatic N) is 4. The van der Waals surface area contributed by atoms with Crippen LogP contribution >= 0.6 is 0 Å². The van der Waals surface area contributed by atoms with Gasteiger partial charge in [0.15, 0.2) is 0 Å². The lowest BCUT2D eigenvalue weighted by atomic mass is 9.82. The number of nitrogens with one attached hydrogen (secondary N) is 2. The topological polar surface area (TPSA) is 67.7 Å². The molecule has 2 N–H and O–H groups in total. The van der Waals surface area contributed by atoms with Crippen molar-refractivity contribution in [2.24, 2.45) is 7.05 Å². The van der Waals surface area contributed by atoms with E-state index in [1.54, 1.807) is 10.9 Å². The van der Waals surface area contributed by atoms with Crippen LogP contribution < -0.4 is 10.6 Å². The molecule has 23 heavy (non-hydrogen) atoms. The van der Waals surface area contributed by atoms with Crippen molar-refractivity contribution in [2.45, 2.75) is 31.4 Å². The van der Waals surface area contributed by atoms with Crippen LogP contribution in [-0.4, -0.2) is 26.8 Å². The summed E-state index contributed by atoms with van der Waals surface area (Å²) in [5.74, 6) is 0.267. The van der Waals surface area contributed by atoms with E-state index in [-0.39, 0.29) is 11.8 Å². The van der Waals surface area contributed by atoms with E-state index in [0.717, 1.165) is 30.4 Å². The SMILES string of the molecule is CNc1nc(Nc2cnn(C)c2C2CCC2)ncc1C(F)(F)F. The summed E-state index contributed by atoms with van der Waals surface area (Å²) < 4.78 is 40.4. The number of aromatic nitrogens is 4. The summed E-state index contributed by atoms with van der Waals surface area (Å²) in [5.41, 5.74) is 0.876. The minimum absolute atomic E-state index is 0.107. The van der Waals surface area contributed by atoms with Crippen molar-refractivity contribution in [3.63, 3.8) is 0 Å². The molecule has 2 heterocycles. The molecule has 6 nitrogen and oxygen atoms in total. The minimum atomic E-state index is -4.50. The first kappa shape index (κ1) is 15.6. The van der Waals surface area contributed by atoms with E-state index in [4.69, 9.17) is 0 Å². The molecule has 3 rings (SSSR count). The Bertz CT molecular complexity index is 705. The summed E-state index contributed by atoms with van der Waals surface area (Å²) in [6.07, 6.45) is 1.28. The number of aryl methyl sites for hydroxylation is 1. The Kier molecular flexibility index (Phi) is 3.87.